The molecule has 0 bridgehead atoms. The molecule has 1 aliphatic carbocycles. The highest BCUT2D eigenvalue weighted by atomic mass is 19.1. The number of piperazine rings is 1. The number of benzene rings is 1. The number of halogens is 1. The zero-order valence-corrected chi connectivity index (χ0v) is 14.4. The quantitative estimate of drug-likeness (QED) is 0.816. The fourth-order valence-corrected chi connectivity index (χ4v) is 3.84. The third-order valence-corrected chi connectivity index (χ3v) is 5.29. The minimum absolute atomic E-state index is 0.196. The highest BCUT2D eigenvalue weighted by molar-refractivity contribution is 5.77. The molecule has 24 heavy (non-hydrogen) atoms. The lowest BCUT2D eigenvalue weighted by molar-refractivity contribution is -0.892. The molecule has 1 aromatic rings. The summed E-state index contributed by atoms with van der Waals surface area (Å²) in [6, 6.07) is 7.07. The Morgan fingerprint density at radius 1 is 1.08 bits per heavy atom. The van der Waals surface area contributed by atoms with Crippen LogP contribution in [0.25, 0.3) is 0 Å². The lowest BCUT2D eigenvalue weighted by Crippen LogP contribution is -3.16. The zero-order valence-electron chi connectivity index (χ0n) is 14.4. The molecule has 0 spiro atoms. The molecular formula is C19H29FN3O+. The van der Waals surface area contributed by atoms with Gasteiger partial charge in [-0.05, 0) is 37.1 Å². The fourth-order valence-electron chi connectivity index (χ4n) is 3.84. The third-order valence-electron chi connectivity index (χ3n) is 5.29. The van der Waals surface area contributed by atoms with Crippen molar-refractivity contribution in [2.24, 2.45) is 0 Å². The molecule has 0 unspecified atom stereocenters. The summed E-state index contributed by atoms with van der Waals surface area (Å²) in [4.78, 5) is 15.9. The largest absolute Gasteiger partial charge is 0.360 e. The average molecular weight is 334 g/mol. The normalized spacial score (nSPS) is 20.6. The van der Waals surface area contributed by atoms with Crippen LogP contribution < -0.4 is 15.1 Å². The van der Waals surface area contributed by atoms with Crippen molar-refractivity contribution in [3.63, 3.8) is 0 Å². The second kappa shape index (κ2) is 8.47. The van der Waals surface area contributed by atoms with E-state index in [1.807, 2.05) is 12.1 Å². The number of anilines is 1. The molecule has 1 saturated heterocycles. The number of hydrogen-bond donors (Lipinski definition) is 2. The minimum Gasteiger partial charge on any atom is -0.360 e. The Bertz CT molecular complexity index is 518. The molecule has 1 heterocycles. The highest BCUT2D eigenvalue weighted by Crippen LogP contribution is 2.17. The molecule has 132 valence electrons. The molecule has 4 nitrogen and oxygen atoms in total. The van der Waals surface area contributed by atoms with Crippen molar-refractivity contribution in [1.29, 1.82) is 0 Å². The predicted octanol–water partition coefficient (Wildman–Crippen LogP) is 1.37. The Balaban J connectivity index is 1.41. The third kappa shape index (κ3) is 4.94. The number of nitrogens with zero attached hydrogens (tertiary/aromatic N) is 1. The first-order valence-electron chi connectivity index (χ1n) is 9.34. The summed E-state index contributed by atoms with van der Waals surface area (Å²) >= 11 is 0. The highest BCUT2D eigenvalue weighted by Gasteiger charge is 2.23. The number of carbonyl (C=O) groups excluding carboxylic acids is 1. The van der Waals surface area contributed by atoms with Gasteiger partial charge in [0.1, 0.15) is 5.82 Å². The summed E-state index contributed by atoms with van der Waals surface area (Å²) in [6.07, 6.45) is 7.38. The standard InChI is InChI=1S/C19H28FN3O/c20-16-7-9-18(10-8-16)23-13-11-22(12-14-23)15-19(24)21-17-5-3-1-2-4-6-17/h7-10,17H,1-6,11-15H2,(H,21,24)/p+1. The predicted molar refractivity (Wildman–Crippen MR) is 93.8 cm³/mol. The van der Waals surface area contributed by atoms with Gasteiger partial charge >= 0.3 is 0 Å². The lowest BCUT2D eigenvalue weighted by atomic mass is 10.1. The van der Waals surface area contributed by atoms with E-state index >= 15 is 0 Å². The van der Waals surface area contributed by atoms with E-state index in [0.717, 1.165) is 44.7 Å². The SMILES string of the molecule is O=C(C[NH+]1CCN(c2ccc(F)cc2)CC1)NC1CCCCCC1. The van der Waals surface area contributed by atoms with Gasteiger partial charge in [0, 0.05) is 11.7 Å². The van der Waals surface area contributed by atoms with Crippen molar-refractivity contribution in [3.05, 3.63) is 30.1 Å². The first kappa shape index (κ1) is 17.2. The Morgan fingerprint density at radius 2 is 1.71 bits per heavy atom. The zero-order chi connectivity index (χ0) is 16.8. The minimum atomic E-state index is -0.196. The molecule has 0 radical (unpaired) electrons. The van der Waals surface area contributed by atoms with E-state index in [9.17, 15) is 9.18 Å². The number of carbonyl (C=O) groups is 1. The summed E-state index contributed by atoms with van der Waals surface area (Å²) in [6.45, 7) is 4.31. The van der Waals surface area contributed by atoms with Crippen LogP contribution in [0.3, 0.4) is 0 Å². The molecule has 1 amide bonds. The van der Waals surface area contributed by atoms with Gasteiger partial charge in [0.15, 0.2) is 6.54 Å². The second-order valence-electron chi connectivity index (χ2n) is 7.15. The van der Waals surface area contributed by atoms with Crippen molar-refractivity contribution in [1.82, 2.24) is 5.32 Å². The topological polar surface area (TPSA) is 36.8 Å². The molecule has 2 fully saturated rings. The summed E-state index contributed by atoms with van der Waals surface area (Å²) < 4.78 is 13.0. The van der Waals surface area contributed by atoms with Gasteiger partial charge in [0.05, 0.1) is 26.2 Å². The van der Waals surface area contributed by atoms with E-state index < -0.39 is 0 Å². The Hall–Kier alpha value is -1.62. The molecule has 2 N–H and O–H groups in total. The first-order chi connectivity index (χ1) is 11.7. The molecule has 0 aromatic heterocycles. The average Bonchev–Trinajstić information content (AvgIpc) is 2.85. The summed E-state index contributed by atoms with van der Waals surface area (Å²) in [5, 5.41) is 3.24. The van der Waals surface area contributed by atoms with E-state index in [1.165, 1.54) is 42.7 Å². The van der Waals surface area contributed by atoms with Gasteiger partial charge in [-0.1, -0.05) is 25.7 Å². The molecule has 3 rings (SSSR count). The van der Waals surface area contributed by atoms with Crippen LogP contribution in [0.1, 0.15) is 38.5 Å². The Labute approximate surface area is 144 Å². The monoisotopic (exact) mass is 334 g/mol. The number of nitrogens with one attached hydrogen (secondary N) is 2. The van der Waals surface area contributed by atoms with Gasteiger partial charge in [-0.2, -0.15) is 0 Å². The van der Waals surface area contributed by atoms with Crippen LogP contribution in [0, 0.1) is 5.82 Å². The Morgan fingerprint density at radius 3 is 2.33 bits per heavy atom. The van der Waals surface area contributed by atoms with Crippen molar-refractivity contribution < 1.29 is 14.1 Å². The van der Waals surface area contributed by atoms with Gasteiger partial charge in [-0.15, -0.1) is 0 Å². The fraction of sp³-hybridized carbons (Fsp3) is 0.632. The summed E-state index contributed by atoms with van der Waals surface area (Å²) in [5.74, 6) is 0.00493. The molecular weight excluding hydrogens is 305 g/mol. The van der Waals surface area contributed by atoms with Crippen LogP contribution in [0.15, 0.2) is 24.3 Å². The van der Waals surface area contributed by atoms with Gasteiger partial charge in [-0.3, -0.25) is 4.79 Å². The van der Waals surface area contributed by atoms with Crippen molar-refractivity contribution >= 4 is 11.6 Å². The van der Waals surface area contributed by atoms with Crippen LogP contribution in [-0.4, -0.2) is 44.7 Å². The molecule has 1 aliphatic heterocycles. The van der Waals surface area contributed by atoms with E-state index in [2.05, 4.69) is 10.2 Å². The lowest BCUT2D eigenvalue weighted by Gasteiger charge is -2.33. The van der Waals surface area contributed by atoms with Crippen molar-refractivity contribution in [3.8, 4) is 0 Å². The first-order valence-corrected chi connectivity index (χ1v) is 9.34. The smallest absolute Gasteiger partial charge is 0.275 e. The van der Waals surface area contributed by atoms with E-state index in [0.29, 0.717) is 12.6 Å². The number of hydrogen-bond acceptors (Lipinski definition) is 2. The van der Waals surface area contributed by atoms with Crippen LogP contribution in [0.4, 0.5) is 10.1 Å². The maximum absolute atomic E-state index is 13.0. The van der Waals surface area contributed by atoms with Crippen LogP contribution in [0.2, 0.25) is 0 Å². The van der Waals surface area contributed by atoms with Crippen LogP contribution in [-0.2, 0) is 4.79 Å². The number of quaternary nitrogens is 1. The number of rotatable bonds is 4. The Kier molecular flexibility index (Phi) is 6.07. The molecule has 2 aliphatic rings. The van der Waals surface area contributed by atoms with Crippen LogP contribution in [0.5, 0.6) is 0 Å². The summed E-state index contributed by atoms with van der Waals surface area (Å²) in [5.41, 5.74) is 1.07. The van der Waals surface area contributed by atoms with Gasteiger partial charge in [0.25, 0.3) is 5.91 Å². The molecule has 5 heteroatoms. The van der Waals surface area contributed by atoms with Gasteiger partial charge < -0.3 is 15.1 Å². The molecule has 1 saturated carbocycles. The number of amides is 1. The van der Waals surface area contributed by atoms with Gasteiger partial charge in [-0.25, -0.2) is 4.39 Å². The molecule has 1 aromatic carbocycles. The van der Waals surface area contributed by atoms with Crippen molar-refractivity contribution in [2.45, 2.75) is 44.6 Å². The maximum atomic E-state index is 13.0. The van der Waals surface area contributed by atoms with E-state index in [1.54, 1.807) is 0 Å². The van der Waals surface area contributed by atoms with E-state index in [-0.39, 0.29) is 11.7 Å². The summed E-state index contributed by atoms with van der Waals surface area (Å²) in [7, 11) is 0. The van der Waals surface area contributed by atoms with E-state index in [4.69, 9.17) is 0 Å². The maximum Gasteiger partial charge on any atom is 0.275 e. The molecule has 0 atom stereocenters. The van der Waals surface area contributed by atoms with Crippen molar-refractivity contribution in [2.75, 3.05) is 37.6 Å². The van der Waals surface area contributed by atoms with Gasteiger partial charge in [0.2, 0.25) is 0 Å². The van der Waals surface area contributed by atoms with Crippen LogP contribution >= 0.6 is 0 Å². The second-order valence-corrected chi connectivity index (χ2v) is 7.15.